The van der Waals surface area contributed by atoms with Gasteiger partial charge in [-0.05, 0) is 25.0 Å². The Morgan fingerprint density at radius 2 is 2.00 bits per heavy atom. The second kappa shape index (κ2) is 6.63. The molecule has 0 atom stereocenters. The highest BCUT2D eigenvalue weighted by atomic mass is 35.5. The molecule has 25 heavy (non-hydrogen) atoms. The highest BCUT2D eigenvalue weighted by Gasteiger charge is 2.38. The average molecular weight is 365 g/mol. The van der Waals surface area contributed by atoms with Crippen molar-refractivity contribution in [2.75, 3.05) is 26.2 Å². The number of aromatic nitrogens is 2. The first kappa shape index (κ1) is 16.3. The summed E-state index contributed by atoms with van der Waals surface area (Å²) in [5.74, 6) is 1.07. The monoisotopic (exact) mass is 364 g/mol. The van der Waals surface area contributed by atoms with Crippen LogP contribution in [-0.2, 0) is 0 Å². The van der Waals surface area contributed by atoms with Gasteiger partial charge in [0.2, 0.25) is 11.7 Å². The summed E-state index contributed by atoms with van der Waals surface area (Å²) < 4.78 is 18.5. The maximum atomic E-state index is 13.2. The van der Waals surface area contributed by atoms with Crippen LogP contribution in [0.4, 0.5) is 9.18 Å². The van der Waals surface area contributed by atoms with Crippen molar-refractivity contribution in [3.8, 4) is 11.4 Å². The summed E-state index contributed by atoms with van der Waals surface area (Å²) in [7, 11) is 0. The highest BCUT2D eigenvalue weighted by molar-refractivity contribution is 6.30. The number of carbonyl (C=O) groups excluding carboxylic acids is 1. The molecule has 0 saturated carbocycles. The third-order valence-corrected chi connectivity index (χ3v) is 4.96. The van der Waals surface area contributed by atoms with Gasteiger partial charge in [-0.25, -0.2) is 9.18 Å². The molecular formula is C17H18ClFN4O2. The number of likely N-dealkylation sites (tertiary alicyclic amines) is 2. The zero-order valence-electron chi connectivity index (χ0n) is 13.6. The Bertz CT molecular complexity index is 770. The van der Waals surface area contributed by atoms with Crippen molar-refractivity contribution in [1.29, 1.82) is 0 Å². The fourth-order valence-electron chi connectivity index (χ4n) is 3.18. The summed E-state index contributed by atoms with van der Waals surface area (Å²) >= 11 is 5.98. The molecule has 0 aliphatic carbocycles. The summed E-state index contributed by atoms with van der Waals surface area (Å²) in [6.45, 7) is 2.07. The fourth-order valence-corrected chi connectivity index (χ4v) is 3.37. The van der Waals surface area contributed by atoms with Gasteiger partial charge in [0.25, 0.3) is 0 Å². The maximum absolute atomic E-state index is 13.2. The molecule has 2 fully saturated rings. The molecule has 2 saturated heterocycles. The Hall–Kier alpha value is -2.15. The molecule has 8 heteroatoms. The van der Waals surface area contributed by atoms with Gasteiger partial charge in [-0.2, -0.15) is 4.98 Å². The predicted octanol–water partition coefficient (Wildman–Crippen LogP) is 3.34. The van der Waals surface area contributed by atoms with Gasteiger partial charge < -0.3 is 14.3 Å². The molecule has 4 rings (SSSR count). The van der Waals surface area contributed by atoms with Crippen molar-refractivity contribution in [2.24, 2.45) is 0 Å². The molecule has 0 bridgehead atoms. The highest BCUT2D eigenvalue weighted by Crippen LogP contribution is 2.29. The molecule has 2 aliphatic heterocycles. The van der Waals surface area contributed by atoms with Crippen molar-refractivity contribution >= 4 is 17.6 Å². The Morgan fingerprint density at radius 1 is 1.24 bits per heavy atom. The van der Waals surface area contributed by atoms with Gasteiger partial charge >= 0.3 is 6.03 Å². The molecule has 0 unspecified atom stereocenters. The van der Waals surface area contributed by atoms with Gasteiger partial charge in [-0.15, -0.1) is 0 Å². The van der Waals surface area contributed by atoms with Crippen LogP contribution in [0.25, 0.3) is 11.4 Å². The molecule has 1 aromatic heterocycles. The third-order valence-electron chi connectivity index (χ3n) is 4.72. The van der Waals surface area contributed by atoms with Crippen LogP contribution < -0.4 is 0 Å². The molecule has 3 heterocycles. The Kier molecular flexibility index (Phi) is 4.33. The normalized spacial score (nSPS) is 19.1. The first-order valence-corrected chi connectivity index (χ1v) is 8.75. The van der Waals surface area contributed by atoms with E-state index in [2.05, 4.69) is 10.1 Å². The van der Waals surface area contributed by atoms with E-state index >= 15 is 0 Å². The molecule has 2 aromatic rings. The van der Waals surface area contributed by atoms with Crippen molar-refractivity contribution < 1.29 is 13.7 Å². The number of nitrogens with zero attached hydrogens (tertiary/aromatic N) is 4. The summed E-state index contributed by atoms with van der Waals surface area (Å²) in [6.07, 6.45) is 0.0715. The lowest BCUT2D eigenvalue weighted by Gasteiger charge is -2.41. The number of hydrogen-bond acceptors (Lipinski definition) is 4. The Labute approximate surface area is 149 Å². The second-order valence-electron chi connectivity index (χ2n) is 6.51. The van der Waals surface area contributed by atoms with Crippen LogP contribution in [0.2, 0.25) is 5.02 Å². The number of halogens is 2. The summed E-state index contributed by atoms with van der Waals surface area (Å²) in [5.41, 5.74) is 0.795. The fraction of sp³-hybridized carbons (Fsp3) is 0.471. The van der Waals surface area contributed by atoms with Crippen LogP contribution in [0.15, 0.2) is 28.8 Å². The molecule has 6 nitrogen and oxygen atoms in total. The first-order valence-electron chi connectivity index (χ1n) is 8.37. The molecule has 132 valence electrons. The minimum atomic E-state index is -0.781. The van der Waals surface area contributed by atoms with Crippen LogP contribution in [0.3, 0.4) is 0 Å². The number of alkyl halides is 1. The summed E-state index contributed by atoms with van der Waals surface area (Å²) in [6, 6.07) is 7.23. The smallest absolute Gasteiger partial charge is 0.320 e. The van der Waals surface area contributed by atoms with Gasteiger partial charge in [-0.1, -0.05) is 28.9 Å². The van der Waals surface area contributed by atoms with Gasteiger partial charge in [0, 0.05) is 36.8 Å². The molecule has 0 radical (unpaired) electrons. The van der Waals surface area contributed by atoms with E-state index < -0.39 is 6.17 Å². The lowest BCUT2D eigenvalue weighted by atomic mass is 10.0. The Morgan fingerprint density at radius 3 is 2.72 bits per heavy atom. The summed E-state index contributed by atoms with van der Waals surface area (Å²) in [5, 5.41) is 4.61. The van der Waals surface area contributed by atoms with Crippen LogP contribution in [0, 0.1) is 0 Å². The number of piperidine rings is 1. The zero-order chi connectivity index (χ0) is 17.4. The number of rotatable bonds is 2. The largest absolute Gasteiger partial charge is 0.339 e. The van der Waals surface area contributed by atoms with Gasteiger partial charge in [-0.3, -0.25) is 0 Å². The zero-order valence-corrected chi connectivity index (χ0v) is 14.3. The second-order valence-corrected chi connectivity index (χ2v) is 6.95. The molecular weight excluding hydrogens is 347 g/mol. The van der Waals surface area contributed by atoms with E-state index in [0.717, 1.165) is 5.56 Å². The SMILES string of the molecule is O=C(N1CCC(F)CC1)N1CC(c2nc(-c3cccc(Cl)c3)no2)C1. The van der Waals surface area contributed by atoms with E-state index in [1.54, 1.807) is 21.9 Å². The average Bonchev–Trinajstić information content (AvgIpc) is 3.03. The van der Waals surface area contributed by atoms with Gasteiger partial charge in [0.05, 0.1) is 5.92 Å². The van der Waals surface area contributed by atoms with Crippen LogP contribution in [0.5, 0.6) is 0 Å². The minimum absolute atomic E-state index is 0.0299. The number of hydrogen-bond donors (Lipinski definition) is 0. The van der Waals surface area contributed by atoms with E-state index in [1.165, 1.54) is 0 Å². The van der Waals surface area contributed by atoms with Crippen molar-refractivity contribution in [3.05, 3.63) is 35.2 Å². The number of amides is 2. The maximum Gasteiger partial charge on any atom is 0.320 e. The molecule has 0 spiro atoms. The topological polar surface area (TPSA) is 62.5 Å². The summed E-state index contributed by atoms with van der Waals surface area (Å²) in [4.78, 5) is 20.3. The van der Waals surface area contributed by atoms with E-state index in [4.69, 9.17) is 16.1 Å². The Balaban J connectivity index is 1.36. The lowest BCUT2D eigenvalue weighted by Crippen LogP contribution is -2.55. The number of benzene rings is 1. The lowest BCUT2D eigenvalue weighted by molar-refractivity contribution is 0.0873. The van der Waals surface area contributed by atoms with Crippen LogP contribution >= 0.6 is 11.6 Å². The van der Waals surface area contributed by atoms with Crippen molar-refractivity contribution in [1.82, 2.24) is 19.9 Å². The van der Waals surface area contributed by atoms with E-state index in [1.807, 2.05) is 12.1 Å². The molecule has 1 aromatic carbocycles. The minimum Gasteiger partial charge on any atom is -0.339 e. The van der Waals surface area contributed by atoms with Gasteiger partial charge in [0.1, 0.15) is 6.17 Å². The van der Waals surface area contributed by atoms with Crippen LogP contribution in [-0.4, -0.2) is 58.3 Å². The van der Waals surface area contributed by atoms with E-state index in [0.29, 0.717) is 55.8 Å². The van der Waals surface area contributed by atoms with Gasteiger partial charge in [0.15, 0.2) is 0 Å². The third kappa shape index (κ3) is 3.33. The number of carbonyl (C=O) groups is 1. The molecule has 0 N–H and O–H groups in total. The first-order chi connectivity index (χ1) is 12.1. The van der Waals surface area contributed by atoms with Crippen LogP contribution in [0.1, 0.15) is 24.7 Å². The standard InChI is InChI=1S/C17H18ClFN4O2/c18-13-3-1-2-11(8-13)15-20-16(25-21-15)12-9-23(10-12)17(24)22-6-4-14(19)5-7-22/h1-3,8,12,14H,4-7,9-10H2. The molecule has 2 amide bonds. The molecule has 2 aliphatic rings. The van der Waals surface area contributed by atoms with Crippen molar-refractivity contribution in [3.63, 3.8) is 0 Å². The predicted molar refractivity (Wildman–Crippen MR) is 90.2 cm³/mol. The quantitative estimate of drug-likeness (QED) is 0.819. The van der Waals surface area contributed by atoms with E-state index in [9.17, 15) is 9.18 Å². The van der Waals surface area contributed by atoms with E-state index in [-0.39, 0.29) is 11.9 Å². The number of urea groups is 1. The van der Waals surface area contributed by atoms with Crippen molar-refractivity contribution in [2.45, 2.75) is 24.9 Å².